The molecule has 1 aliphatic rings. The van der Waals surface area contributed by atoms with Gasteiger partial charge in [0.05, 0.1) is 5.37 Å². The fourth-order valence-corrected chi connectivity index (χ4v) is 5.01. The normalized spacial score (nSPS) is 28.8. The average molecular weight is 249 g/mol. The van der Waals surface area contributed by atoms with Crippen molar-refractivity contribution in [2.45, 2.75) is 43.9 Å². The van der Waals surface area contributed by atoms with Crippen LogP contribution >= 0.6 is 11.8 Å². The van der Waals surface area contributed by atoms with Crippen LogP contribution in [0.3, 0.4) is 0 Å². The Kier molecular flexibility index (Phi) is 3.55. The lowest BCUT2D eigenvalue weighted by molar-refractivity contribution is 0.173. The van der Waals surface area contributed by atoms with Crippen LogP contribution in [0.2, 0.25) is 0 Å². The Morgan fingerprint density at radius 3 is 2.24 bits per heavy atom. The third-order valence-electron chi connectivity index (χ3n) is 3.65. The molecule has 1 unspecified atom stereocenters. The fraction of sp³-hybridized carbons (Fsp3) is 0.600. The zero-order chi connectivity index (χ0) is 12.6. The minimum Gasteiger partial charge on any atom is -0.286 e. The first-order valence-corrected chi connectivity index (χ1v) is 7.26. The van der Waals surface area contributed by atoms with E-state index in [1.165, 1.54) is 5.56 Å². The predicted molar refractivity (Wildman–Crippen MR) is 77.2 cm³/mol. The molecule has 0 N–H and O–H groups in total. The van der Waals surface area contributed by atoms with Crippen LogP contribution in [0.1, 0.15) is 38.6 Å². The van der Waals surface area contributed by atoms with Gasteiger partial charge in [-0.15, -0.1) is 11.8 Å². The van der Waals surface area contributed by atoms with Gasteiger partial charge < -0.3 is 0 Å². The van der Waals surface area contributed by atoms with E-state index in [0.29, 0.717) is 22.1 Å². The topological polar surface area (TPSA) is 3.24 Å². The van der Waals surface area contributed by atoms with Crippen LogP contribution in [-0.2, 0) is 0 Å². The summed E-state index contributed by atoms with van der Waals surface area (Å²) < 4.78 is 0.323. The third kappa shape index (κ3) is 2.38. The molecule has 1 saturated heterocycles. The van der Waals surface area contributed by atoms with Crippen LogP contribution in [0.15, 0.2) is 30.3 Å². The molecule has 1 fully saturated rings. The second-order valence-corrected chi connectivity index (χ2v) is 7.57. The minimum absolute atomic E-state index is 0.323. The summed E-state index contributed by atoms with van der Waals surface area (Å²) in [5, 5.41) is 0.499. The van der Waals surface area contributed by atoms with Crippen LogP contribution in [0.4, 0.5) is 0 Å². The maximum atomic E-state index is 2.55. The lowest BCUT2D eigenvalue weighted by Crippen LogP contribution is -2.42. The van der Waals surface area contributed by atoms with Gasteiger partial charge in [0.1, 0.15) is 0 Å². The van der Waals surface area contributed by atoms with Crippen LogP contribution in [0, 0.1) is 5.92 Å². The van der Waals surface area contributed by atoms with Crippen LogP contribution in [0.25, 0.3) is 0 Å². The summed E-state index contributed by atoms with van der Waals surface area (Å²) in [5.41, 5.74) is 1.43. The number of hydrogen-bond donors (Lipinski definition) is 0. The van der Waals surface area contributed by atoms with Gasteiger partial charge in [0.2, 0.25) is 0 Å². The molecule has 94 valence electrons. The van der Waals surface area contributed by atoms with Crippen LogP contribution in [-0.4, -0.2) is 22.7 Å². The first-order chi connectivity index (χ1) is 7.93. The standard InChI is InChI=1S/C15H23NS/c1-11(2)13-15(3,4)17-14(16(13)5)12-9-7-6-8-10-12/h6-11,13-14H,1-5H3/t13?,14-/m0/s1. The number of hydrogen-bond acceptors (Lipinski definition) is 2. The van der Waals surface area contributed by atoms with E-state index < -0.39 is 0 Å². The largest absolute Gasteiger partial charge is 0.286 e. The molecule has 0 spiro atoms. The predicted octanol–water partition coefficient (Wildman–Crippen LogP) is 4.17. The minimum atomic E-state index is 0.323. The zero-order valence-corrected chi connectivity index (χ0v) is 12.3. The quantitative estimate of drug-likeness (QED) is 0.774. The van der Waals surface area contributed by atoms with Gasteiger partial charge in [0.15, 0.2) is 0 Å². The lowest BCUT2D eigenvalue weighted by atomic mass is 9.91. The van der Waals surface area contributed by atoms with Gasteiger partial charge in [0.25, 0.3) is 0 Å². The molecule has 1 heterocycles. The molecule has 1 nitrogen and oxygen atoms in total. The molecule has 0 aliphatic carbocycles. The molecule has 0 amide bonds. The molecule has 0 aromatic heterocycles. The van der Waals surface area contributed by atoms with Crippen molar-refractivity contribution in [3.63, 3.8) is 0 Å². The van der Waals surface area contributed by atoms with Crippen LogP contribution < -0.4 is 0 Å². The van der Waals surface area contributed by atoms with Gasteiger partial charge >= 0.3 is 0 Å². The molecule has 0 bridgehead atoms. The molecular formula is C15H23NS. The molecule has 17 heavy (non-hydrogen) atoms. The Bertz CT molecular complexity index is 372. The van der Waals surface area contributed by atoms with Gasteiger partial charge in [-0.3, -0.25) is 4.90 Å². The van der Waals surface area contributed by atoms with Crippen molar-refractivity contribution in [2.24, 2.45) is 5.92 Å². The lowest BCUT2D eigenvalue weighted by Gasteiger charge is -2.33. The summed E-state index contributed by atoms with van der Waals surface area (Å²) in [6, 6.07) is 11.5. The molecule has 1 aromatic carbocycles. The van der Waals surface area contributed by atoms with Crippen molar-refractivity contribution in [1.29, 1.82) is 0 Å². The second kappa shape index (κ2) is 4.66. The number of benzene rings is 1. The van der Waals surface area contributed by atoms with Gasteiger partial charge in [-0.1, -0.05) is 44.2 Å². The van der Waals surface area contributed by atoms with Gasteiger partial charge in [-0.25, -0.2) is 0 Å². The molecule has 2 heteroatoms. The highest BCUT2D eigenvalue weighted by Crippen LogP contribution is 2.53. The van der Waals surface area contributed by atoms with Crippen molar-refractivity contribution < 1.29 is 0 Å². The van der Waals surface area contributed by atoms with Crippen molar-refractivity contribution in [3.8, 4) is 0 Å². The SMILES string of the molecule is CC(C)C1N(C)[C@H](c2ccccc2)SC1(C)C. The van der Waals surface area contributed by atoms with E-state index in [-0.39, 0.29) is 0 Å². The highest BCUT2D eigenvalue weighted by Gasteiger charge is 2.46. The van der Waals surface area contributed by atoms with Gasteiger partial charge in [0, 0.05) is 10.8 Å². The summed E-state index contributed by atoms with van der Waals surface area (Å²) in [5.74, 6) is 0.691. The van der Waals surface area contributed by atoms with E-state index in [0.717, 1.165) is 0 Å². The van der Waals surface area contributed by atoms with Gasteiger partial charge in [-0.2, -0.15) is 0 Å². The van der Waals surface area contributed by atoms with E-state index in [9.17, 15) is 0 Å². The number of nitrogens with zero attached hydrogens (tertiary/aromatic N) is 1. The summed E-state index contributed by atoms with van der Waals surface area (Å²) in [6.45, 7) is 9.41. The summed E-state index contributed by atoms with van der Waals surface area (Å²) >= 11 is 2.09. The Morgan fingerprint density at radius 2 is 1.76 bits per heavy atom. The average Bonchev–Trinajstić information content (AvgIpc) is 2.50. The van der Waals surface area contributed by atoms with Crippen molar-refractivity contribution in [3.05, 3.63) is 35.9 Å². The first-order valence-electron chi connectivity index (χ1n) is 6.38. The van der Waals surface area contributed by atoms with Crippen LogP contribution in [0.5, 0.6) is 0 Å². The molecule has 0 saturated carbocycles. The summed E-state index contributed by atoms with van der Waals surface area (Å²) in [7, 11) is 2.27. The molecule has 2 atom stereocenters. The second-order valence-electron chi connectivity index (χ2n) is 5.84. The Morgan fingerprint density at radius 1 is 1.18 bits per heavy atom. The van der Waals surface area contributed by atoms with Gasteiger partial charge in [-0.05, 0) is 32.4 Å². The summed E-state index contributed by atoms with van der Waals surface area (Å²) in [6.07, 6.45) is 0. The Balaban J connectivity index is 2.29. The summed E-state index contributed by atoms with van der Waals surface area (Å²) in [4.78, 5) is 2.55. The number of rotatable bonds is 2. The highest BCUT2D eigenvalue weighted by atomic mass is 32.2. The van der Waals surface area contributed by atoms with E-state index in [4.69, 9.17) is 0 Å². The molecule has 1 aromatic rings. The Hall–Kier alpha value is -0.470. The molecule has 1 aliphatic heterocycles. The zero-order valence-electron chi connectivity index (χ0n) is 11.5. The molecule has 2 rings (SSSR count). The maximum Gasteiger partial charge on any atom is 0.0820 e. The fourth-order valence-electron chi connectivity index (χ4n) is 3.27. The number of thioether (sulfide) groups is 1. The molecule has 0 radical (unpaired) electrons. The molecular weight excluding hydrogens is 226 g/mol. The van der Waals surface area contributed by atoms with E-state index in [1.807, 2.05) is 0 Å². The van der Waals surface area contributed by atoms with Crippen molar-refractivity contribution >= 4 is 11.8 Å². The van der Waals surface area contributed by atoms with E-state index >= 15 is 0 Å². The van der Waals surface area contributed by atoms with Crippen molar-refractivity contribution in [1.82, 2.24) is 4.90 Å². The third-order valence-corrected chi connectivity index (χ3v) is 5.33. The smallest absolute Gasteiger partial charge is 0.0820 e. The highest BCUT2D eigenvalue weighted by molar-refractivity contribution is 8.01. The maximum absolute atomic E-state index is 2.55. The van der Waals surface area contributed by atoms with Crippen molar-refractivity contribution in [2.75, 3.05) is 7.05 Å². The Labute approximate surface area is 110 Å². The first kappa shape index (κ1) is 13.0. The van der Waals surface area contributed by atoms with E-state index in [2.05, 4.69) is 81.7 Å². The van der Waals surface area contributed by atoms with E-state index in [1.54, 1.807) is 0 Å². The monoisotopic (exact) mass is 249 g/mol.